The smallest absolute Gasteiger partial charge is 0.342 e. The van der Waals surface area contributed by atoms with Gasteiger partial charge in [-0.3, -0.25) is 0 Å². The van der Waals surface area contributed by atoms with Crippen molar-refractivity contribution in [1.82, 2.24) is 19.5 Å². The maximum absolute atomic E-state index is 11.1. The highest BCUT2D eigenvalue weighted by atomic mass is 32.1. The third-order valence-electron chi connectivity index (χ3n) is 2.21. The molecule has 0 N–H and O–H groups in total. The van der Waals surface area contributed by atoms with Crippen molar-refractivity contribution < 1.29 is 9.13 Å². The van der Waals surface area contributed by atoms with Crippen LogP contribution in [-0.4, -0.2) is 33.5 Å². The molecule has 18 heavy (non-hydrogen) atoms. The molecule has 0 spiro atoms. The molecular weight excluding hydrogens is 258 g/mol. The van der Waals surface area contributed by atoms with Crippen LogP contribution in [0.15, 0.2) is 24.7 Å². The van der Waals surface area contributed by atoms with Gasteiger partial charge < -0.3 is 10.1 Å². The van der Waals surface area contributed by atoms with Crippen molar-refractivity contribution in [2.45, 2.75) is 0 Å². The molecule has 0 fully saturated rings. The summed E-state index contributed by atoms with van der Waals surface area (Å²) >= 11 is 0.151. The Morgan fingerprint density at radius 3 is 2.56 bits per heavy atom. The largest absolute Gasteiger partial charge is 0.358 e. The lowest BCUT2D eigenvalue weighted by Gasteiger charge is -1.99. The van der Waals surface area contributed by atoms with Crippen LogP contribution in [0.25, 0.3) is 0 Å². The lowest BCUT2D eigenvalue weighted by atomic mass is 10.3. The third kappa shape index (κ3) is 2.02. The lowest BCUT2D eigenvalue weighted by Crippen LogP contribution is -2.14. The molecule has 0 aliphatic heterocycles. The van der Waals surface area contributed by atoms with E-state index >= 15 is 0 Å². The van der Waals surface area contributed by atoms with Gasteiger partial charge in [-0.1, -0.05) is 0 Å². The highest BCUT2D eigenvalue weighted by Gasteiger charge is 2.23. The monoisotopic (exact) mass is 265 g/mol. The van der Waals surface area contributed by atoms with Crippen LogP contribution in [0.4, 0.5) is 5.82 Å². The Kier molecular flexibility index (Phi) is 3.24. The molecule has 0 bridgehead atoms. The van der Waals surface area contributed by atoms with Gasteiger partial charge in [0.2, 0.25) is 5.82 Å². The lowest BCUT2D eigenvalue weighted by molar-refractivity contribution is -0.391. The minimum Gasteiger partial charge on any atom is -0.358 e. The molecule has 0 saturated heterocycles. The van der Waals surface area contributed by atoms with Gasteiger partial charge in [0, 0.05) is 12.4 Å². The number of imidazole rings is 1. The average molecular weight is 265 g/mol. The summed E-state index contributed by atoms with van der Waals surface area (Å²) in [6.07, 6.45) is 4.06. The van der Waals surface area contributed by atoms with Crippen LogP contribution < -0.4 is 0 Å². The van der Waals surface area contributed by atoms with E-state index < -0.39 is 4.92 Å². The zero-order chi connectivity index (χ0) is 13.1. The number of nitrogens with zero attached hydrogens (tertiary/aromatic N) is 5. The zero-order valence-corrected chi connectivity index (χ0v) is 9.99. The molecule has 0 unspecified atom stereocenters. The van der Waals surface area contributed by atoms with Crippen LogP contribution in [0.2, 0.25) is 0 Å². The van der Waals surface area contributed by atoms with Crippen LogP contribution in [0.3, 0.4) is 0 Å². The van der Waals surface area contributed by atoms with Crippen molar-refractivity contribution in [2.75, 3.05) is 0 Å². The molecule has 0 aliphatic rings. The first kappa shape index (κ1) is 12.0. The Morgan fingerprint density at radius 1 is 1.39 bits per heavy atom. The Morgan fingerprint density at radius 2 is 2.06 bits per heavy atom. The first-order valence-corrected chi connectivity index (χ1v) is 5.50. The summed E-state index contributed by atoms with van der Waals surface area (Å²) in [6.45, 7) is 0. The van der Waals surface area contributed by atoms with Crippen molar-refractivity contribution >= 4 is 21.9 Å². The van der Waals surface area contributed by atoms with Gasteiger partial charge in [-0.25, -0.2) is 23.7 Å². The number of rotatable bonds is 3. The van der Waals surface area contributed by atoms with E-state index in [1.807, 2.05) is 0 Å². The number of aromatic nitrogens is 4. The Hall–Kier alpha value is -2.42. The molecule has 2 aromatic rings. The maximum atomic E-state index is 11.1. The van der Waals surface area contributed by atoms with Gasteiger partial charge in [-0.2, -0.15) is 0 Å². The van der Waals surface area contributed by atoms with Crippen molar-refractivity contribution in [3.05, 3.63) is 46.4 Å². The molecule has 2 aromatic heterocycles. The minimum atomic E-state index is -0.574. The average Bonchev–Trinajstić information content (AvgIpc) is 2.74. The van der Waals surface area contributed by atoms with Gasteiger partial charge in [0.15, 0.2) is 10.7 Å². The summed E-state index contributed by atoms with van der Waals surface area (Å²) in [5.41, 5.74) is 0. The SMILES string of the molecule is Cn1c([N+](=O)[O-])cnc1C(=S=O)c1ncccn1. The summed E-state index contributed by atoms with van der Waals surface area (Å²) < 4.78 is 12.4. The van der Waals surface area contributed by atoms with Gasteiger partial charge in [-0.05, 0) is 11.0 Å². The van der Waals surface area contributed by atoms with Crippen molar-refractivity contribution in [3.8, 4) is 0 Å². The topological polar surface area (TPSA) is 104 Å². The van der Waals surface area contributed by atoms with Crippen LogP contribution in [0.1, 0.15) is 11.6 Å². The van der Waals surface area contributed by atoms with Crippen molar-refractivity contribution in [3.63, 3.8) is 0 Å². The predicted octanol–water partition coefficient (Wildman–Crippen LogP) is -0.0999. The van der Waals surface area contributed by atoms with Crippen LogP contribution >= 0.6 is 0 Å². The molecule has 8 nitrogen and oxygen atoms in total. The van der Waals surface area contributed by atoms with Crippen LogP contribution in [0.5, 0.6) is 0 Å². The fraction of sp³-hybridized carbons (Fsp3) is 0.111. The van der Waals surface area contributed by atoms with Gasteiger partial charge in [0.05, 0.1) is 7.05 Å². The summed E-state index contributed by atoms with van der Waals surface area (Å²) in [4.78, 5) is 22.0. The number of nitro groups is 1. The summed E-state index contributed by atoms with van der Waals surface area (Å²) in [6, 6.07) is 1.61. The highest BCUT2D eigenvalue weighted by Crippen LogP contribution is 2.13. The molecule has 0 saturated carbocycles. The molecule has 92 valence electrons. The van der Waals surface area contributed by atoms with Crippen LogP contribution in [-0.2, 0) is 18.3 Å². The van der Waals surface area contributed by atoms with Gasteiger partial charge in [0.1, 0.15) is 17.5 Å². The number of hydrogen-bond donors (Lipinski definition) is 0. The Labute approximate surface area is 105 Å². The Balaban J connectivity index is 2.55. The second kappa shape index (κ2) is 4.84. The van der Waals surface area contributed by atoms with E-state index in [0.717, 1.165) is 6.20 Å². The summed E-state index contributed by atoms with van der Waals surface area (Å²) in [5, 5.41) is 10.7. The molecular formula is C9H7N5O3S. The van der Waals surface area contributed by atoms with E-state index in [-0.39, 0.29) is 33.6 Å². The first-order chi connectivity index (χ1) is 8.65. The Bertz CT molecular complexity index is 647. The fourth-order valence-corrected chi connectivity index (χ4v) is 1.82. The molecule has 0 aliphatic carbocycles. The van der Waals surface area contributed by atoms with Crippen molar-refractivity contribution in [1.29, 1.82) is 0 Å². The van der Waals surface area contributed by atoms with E-state index in [0.29, 0.717) is 0 Å². The molecule has 0 atom stereocenters. The molecule has 0 radical (unpaired) electrons. The van der Waals surface area contributed by atoms with E-state index in [2.05, 4.69) is 15.0 Å². The van der Waals surface area contributed by atoms with Gasteiger partial charge >= 0.3 is 5.82 Å². The van der Waals surface area contributed by atoms with E-state index in [9.17, 15) is 14.3 Å². The van der Waals surface area contributed by atoms with E-state index in [1.165, 1.54) is 24.0 Å². The molecule has 2 rings (SSSR count). The summed E-state index contributed by atoms with van der Waals surface area (Å²) in [5.74, 6) is 0.168. The third-order valence-corrected chi connectivity index (χ3v) is 2.74. The first-order valence-electron chi connectivity index (χ1n) is 4.75. The standard InChI is InChI=1S/C9H7N5O3S/c1-13-6(14(15)16)5-12-9(13)7(18-17)8-10-3-2-4-11-8/h2-5H,1H3. The molecule has 9 heteroatoms. The summed E-state index contributed by atoms with van der Waals surface area (Å²) in [7, 11) is 1.46. The van der Waals surface area contributed by atoms with Crippen LogP contribution in [0, 0.1) is 10.1 Å². The zero-order valence-electron chi connectivity index (χ0n) is 9.18. The van der Waals surface area contributed by atoms with Crippen molar-refractivity contribution in [2.24, 2.45) is 7.05 Å². The van der Waals surface area contributed by atoms with Gasteiger partial charge in [-0.15, -0.1) is 0 Å². The number of hydrogen-bond acceptors (Lipinski definition) is 6. The quantitative estimate of drug-likeness (QED) is 0.332. The fourth-order valence-electron chi connectivity index (χ4n) is 1.37. The normalized spacial score (nSPS) is 10.1. The molecule has 0 amide bonds. The maximum Gasteiger partial charge on any atom is 0.342 e. The molecule has 0 aromatic carbocycles. The second-order valence-electron chi connectivity index (χ2n) is 3.24. The minimum absolute atomic E-state index is 0.145. The second-order valence-corrected chi connectivity index (χ2v) is 3.82. The predicted molar refractivity (Wildman–Crippen MR) is 63.2 cm³/mol. The van der Waals surface area contributed by atoms with Gasteiger partial charge in [0.25, 0.3) is 0 Å². The highest BCUT2D eigenvalue weighted by molar-refractivity contribution is 7.67. The van der Waals surface area contributed by atoms with E-state index in [4.69, 9.17) is 0 Å². The molecule has 2 heterocycles. The van der Waals surface area contributed by atoms with E-state index in [1.54, 1.807) is 6.07 Å².